The van der Waals surface area contributed by atoms with Crippen LogP contribution in [-0.2, 0) is 14.8 Å². The second-order valence-corrected chi connectivity index (χ2v) is 10.1. The zero-order chi connectivity index (χ0) is 25.1. The Hall–Kier alpha value is -2.55. The molecule has 1 heterocycles. The Labute approximate surface area is 202 Å². The van der Waals surface area contributed by atoms with Crippen molar-refractivity contribution in [1.82, 2.24) is 3.97 Å². The molecule has 0 saturated heterocycles. The molecule has 0 aliphatic carbocycles. The van der Waals surface area contributed by atoms with Gasteiger partial charge in [0.05, 0.1) is 37.0 Å². The number of hydrogen-bond donors (Lipinski definition) is 0. The Morgan fingerprint density at radius 1 is 0.882 bits per heavy atom. The summed E-state index contributed by atoms with van der Waals surface area (Å²) in [7, 11) is -3.82. The van der Waals surface area contributed by atoms with Gasteiger partial charge >= 0.3 is 5.97 Å². The van der Waals surface area contributed by atoms with Crippen molar-refractivity contribution in [2.24, 2.45) is 0 Å². The number of fused-ring (bicyclic) bond motifs is 1. The third kappa shape index (κ3) is 7.48. The largest absolute Gasteiger partial charge is 0.490 e. The highest BCUT2D eigenvalue weighted by Crippen LogP contribution is 2.32. The molecule has 9 heteroatoms. The first-order valence-electron chi connectivity index (χ1n) is 12.1. The van der Waals surface area contributed by atoms with Crippen molar-refractivity contribution in [3.8, 4) is 11.5 Å². The van der Waals surface area contributed by atoms with E-state index in [1.165, 1.54) is 44.2 Å². The van der Waals surface area contributed by atoms with Crippen LogP contribution in [0.1, 0.15) is 82.5 Å². The van der Waals surface area contributed by atoms with Crippen molar-refractivity contribution >= 4 is 26.9 Å². The fourth-order valence-electron chi connectivity index (χ4n) is 3.73. The molecule has 0 amide bonds. The van der Waals surface area contributed by atoms with E-state index < -0.39 is 21.4 Å². The molecular formula is C25H37NO7S. The lowest BCUT2D eigenvalue weighted by Gasteiger charge is -2.16. The van der Waals surface area contributed by atoms with E-state index in [1.54, 1.807) is 13.8 Å². The van der Waals surface area contributed by atoms with Crippen molar-refractivity contribution in [3.05, 3.63) is 34.1 Å². The minimum absolute atomic E-state index is 0.0466. The Morgan fingerprint density at radius 2 is 1.50 bits per heavy atom. The summed E-state index contributed by atoms with van der Waals surface area (Å²) in [6.07, 6.45) is 11.3. The van der Waals surface area contributed by atoms with Crippen molar-refractivity contribution in [1.29, 1.82) is 0 Å². The highest BCUT2D eigenvalue weighted by molar-refractivity contribution is 7.89. The van der Waals surface area contributed by atoms with E-state index in [2.05, 4.69) is 6.92 Å². The maximum absolute atomic E-state index is 13.1. The highest BCUT2D eigenvalue weighted by Gasteiger charge is 2.22. The molecule has 0 spiro atoms. The molecule has 0 N–H and O–H groups in total. The predicted octanol–water partition coefficient (Wildman–Crippen LogP) is 4.90. The molecule has 0 fully saturated rings. The summed E-state index contributed by atoms with van der Waals surface area (Å²) < 4.78 is 42.3. The van der Waals surface area contributed by atoms with Crippen molar-refractivity contribution < 1.29 is 27.4 Å². The number of benzene rings is 1. The van der Waals surface area contributed by atoms with Crippen LogP contribution in [0.2, 0.25) is 0 Å². The summed E-state index contributed by atoms with van der Waals surface area (Å²) in [5.74, 6) is -0.187. The third-order valence-electron chi connectivity index (χ3n) is 5.44. The predicted molar refractivity (Wildman–Crippen MR) is 134 cm³/mol. The minimum Gasteiger partial charge on any atom is -0.490 e. The first kappa shape index (κ1) is 27.7. The number of carbonyl (C=O) groups is 1. The Balaban J connectivity index is 2.33. The summed E-state index contributed by atoms with van der Waals surface area (Å²) in [6, 6.07) is 2.93. The number of carbonyl (C=O) groups excluding carboxylic acids is 1. The zero-order valence-electron chi connectivity index (χ0n) is 20.7. The first-order valence-corrected chi connectivity index (χ1v) is 14.0. The maximum atomic E-state index is 13.1. The van der Waals surface area contributed by atoms with E-state index in [4.69, 9.17) is 14.2 Å². The minimum atomic E-state index is -3.82. The van der Waals surface area contributed by atoms with Crippen LogP contribution in [0.3, 0.4) is 0 Å². The van der Waals surface area contributed by atoms with E-state index in [0.29, 0.717) is 24.7 Å². The van der Waals surface area contributed by atoms with Crippen LogP contribution in [0, 0.1) is 0 Å². The molecule has 0 aliphatic rings. The number of rotatable bonds is 15. The van der Waals surface area contributed by atoms with Gasteiger partial charge < -0.3 is 14.2 Å². The first-order chi connectivity index (χ1) is 16.2. The van der Waals surface area contributed by atoms with Gasteiger partial charge in [0.25, 0.3) is 0 Å². The third-order valence-corrected chi connectivity index (χ3v) is 6.46. The van der Waals surface area contributed by atoms with Crippen molar-refractivity contribution in [2.75, 3.05) is 26.1 Å². The lowest BCUT2D eigenvalue weighted by Crippen LogP contribution is -2.23. The molecule has 190 valence electrons. The summed E-state index contributed by atoms with van der Waals surface area (Å²) in [6.45, 7) is 6.46. The molecule has 0 saturated carbocycles. The Kier molecular flexibility index (Phi) is 10.9. The van der Waals surface area contributed by atoms with E-state index in [9.17, 15) is 18.0 Å². The van der Waals surface area contributed by atoms with E-state index in [-0.39, 0.29) is 23.1 Å². The highest BCUT2D eigenvalue weighted by atomic mass is 32.2. The second-order valence-electron chi connectivity index (χ2n) is 8.22. The number of nitrogens with zero attached hydrogens (tertiary/aromatic N) is 1. The molecule has 0 bridgehead atoms. The van der Waals surface area contributed by atoms with Crippen LogP contribution >= 0.6 is 0 Å². The van der Waals surface area contributed by atoms with Gasteiger partial charge in [0.1, 0.15) is 5.56 Å². The SMILES string of the molecule is CCCCCCCCCCOc1cc2c(=O)c(C(=O)OCC)cn(S(C)(=O)=O)c2cc1OCC. The molecule has 2 rings (SSSR count). The van der Waals surface area contributed by atoms with Gasteiger partial charge in [-0.05, 0) is 26.3 Å². The van der Waals surface area contributed by atoms with E-state index in [1.807, 2.05) is 0 Å². The van der Waals surface area contributed by atoms with Crippen molar-refractivity contribution in [3.63, 3.8) is 0 Å². The van der Waals surface area contributed by atoms with Crippen LogP contribution in [0.5, 0.6) is 11.5 Å². The van der Waals surface area contributed by atoms with Gasteiger partial charge in [-0.2, -0.15) is 0 Å². The van der Waals surface area contributed by atoms with Crippen LogP contribution in [0.15, 0.2) is 23.1 Å². The molecule has 1 aromatic carbocycles. The molecule has 2 aromatic rings. The van der Waals surface area contributed by atoms with Crippen molar-refractivity contribution in [2.45, 2.75) is 72.1 Å². The standard InChI is InChI=1S/C25H37NO7S/c1-5-8-9-10-11-12-13-14-15-33-22-16-19-21(17-23(22)31-6-2)26(34(4,29)30)18-20(24(19)27)25(28)32-7-3/h16-18H,5-15H2,1-4H3. The number of pyridine rings is 1. The van der Waals surface area contributed by atoms with Crippen LogP contribution in [-0.4, -0.2) is 44.4 Å². The summed E-state index contributed by atoms with van der Waals surface area (Å²) in [5, 5.41) is 0.0466. The normalized spacial score (nSPS) is 11.5. The number of hydrogen-bond acceptors (Lipinski definition) is 7. The fourth-order valence-corrected chi connectivity index (χ4v) is 4.54. The molecule has 0 unspecified atom stereocenters. The second kappa shape index (κ2) is 13.4. The molecule has 8 nitrogen and oxygen atoms in total. The van der Waals surface area contributed by atoms with Crippen LogP contribution < -0.4 is 14.9 Å². The number of esters is 1. The van der Waals surface area contributed by atoms with Gasteiger partial charge in [-0.3, -0.25) is 4.79 Å². The summed E-state index contributed by atoms with van der Waals surface area (Å²) in [5.41, 5.74) is -0.852. The molecule has 34 heavy (non-hydrogen) atoms. The summed E-state index contributed by atoms with van der Waals surface area (Å²) >= 11 is 0. The van der Waals surface area contributed by atoms with Gasteiger partial charge in [0.2, 0.25) is 15.5 Å². The average molecular weight is 496 g/mol. The molecular weight excluding hydrogens is 458 g/mol. The molecule has 1 aromatic heterocycles. The Bertz CT molecular complexity index is 1120. The van der Waals surface area contributed by atoms with Gasteiger partial charge in [-0.1, -0.05) is 51.9 Å². The van der Waals surface area contributed by atoms with E-state index in [0.717, 1.165) is 35.7 Å². The van der Waals surface area contributed by atoms with Gasteiger partial charge in [-0.25, -0.2) is 17.2 Å². The van der Waals surface area contributed by atoms with Gasteiger partial charge in [0, 0.05) is 12.3 Å². The average Bonchev–Trinajstić information content (AvgIpc) is 2.78. The van der Waals surface area contributed by atoms with E-state index >= 15 is 0 Å². The van der Waals surface area contributed by atoms with Gasteiger partial charge in [0.15, 0.2) is 11.5 Å². The zero-order valence-corrected chi connectivity index (χ0v) is 21.5. The topological polar surface area (TPSA) is 101 Å². The van der Waals surface area contributed by atoms with Crippen LogP contribution in [0.4, 0.5) is 0 Å². The Morgan fingerprint density at radius 3 is 2.09 bits per heavy atom. The molecule has 0 aliphatic heterocycles. The smallest absolute Gasteiger partial charge is 0.343 e. The molecule has 0 atom stereocenters. The maximum Gasteiger partial charge on any atom is 0.343 e. The lowest BCUT2D eigenvalue weighted by atomic mass is 10.1. The van der Waals surface area contributed by atoms with Gasteiger partial charge in [-0.15, -0.1) is 0 Å². The number of ether oxygens (including phenoxy) is 3. The number of unbranched alkanes of at least 4 members (excludes halogenated alkanes) is 7. The quantitative estimate of drug-likeness (QED) is 0.256. The molecule has 0 radical (unpaired) electrons. The summed E-state index contributed by atoms with van der Waals surface area (Å²) in [4.78, 5) is 25.4. The lowest BCUT2D eigenvalue weighted by molar-refractivity contribution is 0.0524. The fraction of sp³-hybridized carbons (Fsp3) is 0.600. The van der Waals surface area contributed by atoms with Crippen LogP contribution in [0.25, 0.3) is 10.9 Å². The monoisotopic (exact) mass is 495 g/mol. The number of aromatic nitrogens is 1.